The fourth-order valence-corrected chi connectivity index (χ4v) is 2.86. The summed E-state index contributed by atoms with van der Waals surface area (Å²) >= 11 is 6.07. The second-order valence-corrected chi connectivity index (χ2v) is 7.67. The van der Waals surface area contributed by atoms with Crippen LogP contribution in [0, 0.1) is 6.92 Å². The summed E-state index contributed by atoms with van der Waals surface area (Å²) in [6.45, 7) is 3.26. The van der Waals surface area contributed by atoms with Crippen molar-refractivity contribution in [2.24, 2.45) is 10.2 Å². The predicted octanol–water partition coefficient (Wildman–Crippen LogP) is 3.37. The molecule has 0 fully saturated rings. The SMILES string of the molecule is Cc1ccc(N=NC(C(=O)Nc2ccc(S(=O)(=O)O)cc2)C(C)O)c(Cl)c1. The molecule has 2 atom stereocenters. The second-order valence-electron chi connectivity index (χ2n) is 5.84. The van der Waals surface area contributed by atoms with Crippen molar-refractivity contribution >= 4 is 39.0 Å². The van der Waals surface area contributed by atoms with E-state index < -0.39 is 28.2 Å². The highest BCUT2D eigenvalue weighted by Gasteiger charge is 2.24. The van der Waals surface area contributed by atoms with Gasteiger partial charge in [0.15, 0.2) is 6.04 Å². The van der Waals surface area contributed by atoms with Gasteiger partial charge in [-0.3, -0.25) is 9.35 Å². The molecule has 10 heteroatoms. The first-order chi connectivity index (χ1) is 12.6. The van der Waals surface area contributed by atoms with Crippen LogP contribution in [-0.2, 0) is 14.9 Å². The normalized spacial score (nSPS) is 14.1. The molecule has 0 heterocycles. The molecule has 2 aromatic rings. The lowest BCUT2D eigenvalue weighted by molar-refractivity contribution is -0.119. The summed E-state index contributed by atoms with van der Waals surface area (Å²) in [6, 6.07) is 8.79. The number of nitrogens with zero attached hydrogens (tertiary/aromatic N) is 2. The molecule has 2 rings (SSSR count). The molecule has 0 aliphatic carbocycles. The van der Waals surface area contributed by atoms with Crippen molar-refractivity contribution in [1.29, 1.82) is 0 Å². The monoisotopic (exact) mass is 411 g/mol. The number of carbonyl (C=O) groups is 1. The van der Waals surface area contributed by atoms with Crippen molar-refractivity contribution in [2.45, 2.75) is 30.9 Å². The van der Waals surface area contributed by atoms with Gasteiger partial charge in [-0.1, -0.05) is 17.7 Å². The number of rotatable bonds is 6. The summed E-state index contributed by atoms with van der Waals surface area (Å²) in [5.41, 5.74) is 1.57. The minimum Gasteiger partial charge on any atom is -0.391 e. The summed E-state index contributed by atoms with van der Waals surface area (Å²) < 4.78 is 31.0. The highest BCUT2D eigenvalue weighted by atomic mass is 35.5. The molecule has 0 radical (unpaired) electrons. The van der Waals surface area contributed by atoms with Gasteiger partial charge in [0.05, 0.1) is 16.0 Å². The summed E-state index contributed by atoms with van der Waals surface area (Å²) in [5, 5.41) is 20.5. The molecule has 0 aromatic heterocycles. The standard InChI is InChI=1S/C17H18ClN3O5S/c1-10-3-8-15(14(18)9-10)20-21-16(11(2)22)17(23)19-12-4-6-13(7-5-12)27(24,25)26/h3-9,11,16,22H,1-2H3,(H,19,23)(H,24,25,26). The minimum atomic E-state index is -4.32. The van der Waals surface area contributed by atoms with E-state index in [2.05, 4.69) is 15.5 Å². The van der Waals surface area contributed by atoms with Gasteiger partial charge in [-0.15, -0.1) is 0 Å². The smallest absolute Gasteiger partial charge is 0.294 e. The summed E-state index contributed by atoms with van der Waals surface area (Å²) in [4.78, 5) is 12.1. The number of aryl methyl sites for hydroxylation is 1. The Morgan fingerprint density at radius 3 is 2.33 bits per heavy atom. The number of carbonyl (C=O) groups excluding carboxylic acids is 1. The zero-order valence-electron chi connectivity index (χ0n) is 14.5. The van der Waals surface area contributed by atoms with Gasteiger partial charge in [0.25, 0.3) is 16.0 Å². The molecular weight excluding hydrogens is 394 g/mol. The molecule has 8 nitrogen and oxygen atoms in total. The van der Waals surface area contributed by atoms with Crippen LogP contribution in [0.3, 0.4) is 0 Å². The summed E-state index contributed by atoms with van der Waals surface area (Å²) in [6.07, 6.45) is -1.13. The molecule has 144 valence electrons. The Balaban J connectivity index is 2.16. The quantitative estimate of drug-likeness (QED) is 0.495. The van der Waals surface area contributed by atoms with E-state index in [4.69, 9.17) is 16.2 Å². The first kappa shape index (κ1) is 21.0. The third kappa shape index (κ3) is 5.83. The zero-order chi connectivity index (χ0) is 20.2. The molecule has 2 aromatic carbocycles. The Hall–Kier alpha value is -2.33. The number of hydrogen-bond acceptors (Lipinski definition) is 6. The lowest BCUT2D eigenvalue weighted by atomic mass is 10.2. The van der Waals surface area contributed by atoms with Gasteiger partial charge in [0.2, 0.25) is 0 Å². The van der Waals surface area contributed by atoms with Crippen LogP contribution < -0.4 is 5.32 Å². The van der Waals surface area contributed by atoms with Crippen molar-refractivity contribution in [3.8, 4) is 0 Å². The Bertz CT molecular complexity index is 959. The highest BCUT2D eigenvalue weighted by molar-refractivity contribution is 7.85. The van der Waals surface area contributed by atoms with E-state index in [0.717, 1.165) is 17.7 Å². The van der Waals surface area contributed by atoms with Gasteiger partial charge in [-0.05, 0) is 55.8 Å². The molecule has 1 amide bonds. The molecule has 0 saturated carbocycles. The van der Waals surface area contributed by atoms with Crippen molar-refractivity contribution in [1.82, 2.24) is 0 Å². The number of halogens is 1. The van der Waals surface area contributed by atoms with Crippen LogP contribution in [0.2, 0.25) is 5.02 Å². The molecule has 0 bridgehead atoms. The second kappa shape index (κ2) is 8.57. The van der Waals surface area contributed by atoms with Gasteiger partial charge in [-0.2, -0.15) is 18.6 Å². The molecule has 27 heavy (non-hydrogen) atoms. The van der Waals surface area contributed by atoms with Crippen LogP contribution in [0.5, 0.6) is 0 Å². The van der Waals surface area contributed by atoms with Crippen LogP contribution in [0.1, 0.15) is 12.5 Å². The van der Waals surface area contributed by atoms with Gasteiger partial charge >= 0.3 is 0 Å². The van der Waals surface area contributed by atoms with E-state index in [-0.39, 0.29) is 10.6 Å². The van der Waals surface area contributed by atoms with Crippen LogP contribution in [-0.4, -0.2) is 36.1 Å². The van der Waals surface area contributed by atoms with Crippen LogP contribution in [0.25, 0.3) is 0 Å². The van der Waals surface area contributed by atoms with Gasteiger partial charge < -0.3 is 10.4 Å². The van der Waals surface area contributed by atoms with Crippen molar-refractivity contribution < 1.29 is 22.9 Å². The minimum absolute atomic E-state index is 0.265. The number of aliphatic hydroxyl groups excluding tert-OH is 1. The fourth-order valence-electron chi connectivity index (χ4n) is 2.11. The Morgan fingerprint density at radius 1 is 1.19 bits per heavy atom. The van der Waals surface area contributed by atoms with Gasteiger partial charge in [-0.25, -0.2) is 0 Å². The number of amides is 1. The molecule has 3 N–H and O–H groups in total. The van der Waals surface area contributed by atoms with E-state index in [1.54, 1.807) is 18.2 Å². The molecule has 0 aliphatic rings. The molecule has 0 aliphatic heterocycles. The van der Waals surface area contributed by atoms with Crippen molar-refractivity contribution in [3.05, 3.63) is 53.1 Å². The van der Waals surface area contributed by atoms with Crippen LogP contribution in [0.4, 0.5) is 11.4 Å². The van der Waals surface area contributed by atoms with Gasteiger partial charge in [0, 0.05) is 5.69 Å². The van der Waals surface area contributed by atoms with Crippen molar-refractivity contribution in [2.75, 3.05) is 5.32 Å². The first-order valence-electron chi connectivity index (χ1n) is 7.81. The number of benzene rings is 2. The van der Waals surface area contributed by atoms with E-state index >= 15 is 0 Å². The average molecular weight is 412 g/mol. The maximum absolute atomic E-state index is 12.4. The fraction of sp³-hybridized carbons (Fsp3) is 0.235. The maximum atomic E-state index is 12.4. The largest absolute Gasteiger partial charge is 0.391 e. The highest BCUT2D eigenvalue weighted by Crippen LogP contribution is 2.26. The van der Waals surface area contributed by atoms with Crippen molar-refractivity contribution in [3.63, 3.8) is 0 Å². The Kier molecular flexibility index (Phi) is 6.66. The van der Waals surface area contributed by atoms with E-state index in [0.29, 0.717) is 10.7 Å². The van der Waals surface area contributed by atoms with E-state index in [1.165, 1.54) is 19.1 Å². The van der Waals surface area contributed by atoms with E-state index in [1.807, 2.05) is 6.92 Å². The first-order valence-corrected chi connectivity index (χ1v) is 9.63. The van der Waals surface area contributed by atoms with E-state index in [9.17, 15) is 18.3 Å². The molecule has 0 spiro atoms. The predicted molar refractivity (Wildman–Crippen MR) is 101 cm³/mol. The third-order valence-electron chi connectivity index (χ3n) is 3.54. The number of hydrogen-bond donors (Lipinski definition) is 3. The van der Waals surface area contributed by atoms with Crippen LogP contribution in [0.15, 0.2) is 57.6 Å². The lowest BCUT2D eigenvalue weighted by Gasteiger charge is -2.14. The zero-order valence-corrected chi connectivity index (χ0v) is 16.1. The molecule has 2 unspecified atom stereocenters. The lowest BCUT2D eigenvalue weighted by Crippen LogP contribution is -2.34. The van der Waals surface area contributed by atoms with Gasteiger partial charge in [0.1, 0.15) is 5.69 Å². The number of nitrogens with one attached hydrogen (secondary N) is 1. The Morgan fingerprint density at radius 2 is 1.81 bits per heavy atom. The number of azo groups is 1. The average Bonchev–Trinajstić information content (AvgIpc) is 2.56. The van der Waals surface area contributed by atoms with Crippen LogP contribution >= 0.6 is 11.6 Å². The number of aliphatic hydroxyl groups is 1. The summed E-state index contributed by atoms with van der Waals surface area (Å²) in [5.74, 6) is -0.642. The molecule has 0 saturated heterocycles. The third-order valence-corrected chi connectivity index (χ3v) is 4.71. The molecular formula is C17H18ClN3O5S. The maximum Gasteiger partial charge on any atom is 0.294 e. The number of anilines is 1. The Labute approximate surface area is 161 Å². The summed E-state index contributed by atoms with van der Waals surface area (Å²) in [7, 11) is -4.32. The topological polar surface area (TPSA) is 128 Å².